The van der Waals surface area contributed by atoms with Crippen LogP contribution in [0, 0.1) is 45.8 Å². The van der Waals surface area contributed by atoms with Crippen molar-refractivity contribution in [3.8, 4) is 6.07 Å². The van der Waals surface area contributed by atoms with E-state index >= 15 is 0 Å². The topological polar surface area (TPSA) is 79.3 Å². The van der Waals surface area contributed by atoms with Gasteiger partial charge in [-0.05, 0) is 91.6 Å². The molecule has 4 nitrogen and oxygen atoms in total. The van der Waals surface area contributed by atoms with E-state index in [2.05, 4.69) is 44.2 Å². The van der Waals surface area contributed by atoms with E-state index < -0.39 is 0 Å². The first-order valence-corrected chi connectivity index (χ1v) is 12.9. The maximum Gasteiger partial charge on any atom is 0.205 e. The molecule has 1 aliphatic heterocycles. The predicted octanol–water partition coefficient (Wildman–Crippen LogP) is 5.76. The molecule has 3 N–H and O–H groups in total. The van der Waals surface area contributed by atoms with Gasteiger partial charge in [0.25, 0.3) is 0 Å². The Kier molecular flexibility index (Phi) is 4.76. The number of benzene rings is 1. The van der Waals surface area contributed by atoms with E-state index in [0.717, 1.165) is 49.3 Å². The highest BCUT2D eigenvalue weighted by molar-refractivity contribution is 5.51. The normalized spacial score (nSPS) is 44.2. The molecule has 6 rings (SSSR count). The van der Waals surface area contributed by atoms with Crippen molar-refractivity contribution in [2.75, 3.05) is 0 Å². The van der Waals surface area contributed by atoms with Gasteiger partial charge in [-0.1, -0.05) is 44.2 Å². The SMILES string of the molecule is C[C@]12CC[C@H](O)C[C@@H]1CC[C@H]1[C@@H]2CC[C@]2(C)C3=C(C[C@@H]12)C(c1ccccc1)C(C#N)=C(N)O3. The van der Waals surface area contributed by atoms with Gasteiger partial charge in [0.1, 0.15) is 17.4 Å². The average molecular weight is 445 g/mol. The van der Waals surface area contributed by atoms with Crippen LogP contribution in [-0.2, 0) is 4.74 Å². The Bertz CT molecular complexity index is 1070. The number of nitriles is 1. The molecule has 8 atom stereocenters. The number of aliphatic hydroxyl groups excluding tert-OH is 1. The second-order valence-electron chi connectivity index (χ2n) is 11.9. The zero-order valence-corrected chi connectivity index (χ0v) is 19.9. The Hall–Kier alpha value is -2.25. The summed E-state index contributed by atoms with van der Waals surface area (Å²) in [5.41, 5.74) is 9.73. The standard InChI is InChI=1S/C29H36N2O2/c1-28-12-10-19(32)14-18(28)8-9-20-23(28)11-13-29(2)24(20)15-21-25(17-6-4-3-5-7-17)22(16-30)27(31)33-26(21)29/h3-7,18-20,23-25,32H,8-15,31H2,1-2H3/t18-,19-,20-,23-,24-,25?,28-,29-/m0/s1. The van der Waals surface area contributed by atoms with Crippen molar-refractivity contribution in [3.05, 3.63) is 58.7 Å². The van der Waals surface area contributed by atoms with Gasteiger partial charge in [0, 0.05) is 11.3 Å². The summed E-state index contributed by atoms with van der Waals surface area (Å²) in [5.74, 6) is 3.89. The highest BCUT2D eigenvalue weighted by atomic mass is 16.5. The summed E-state index contributed by atoms with van der Waals surface area (Å²) in [6.45, 7) is 4.93. The number of fused-ring (bicyclic) bond motifs is 6. The van der Waals surface area contributed by atoms with Crippen LogP contribution in [0.15, 0.2) is 53.1 Å². The molecule has 0 saturated heterocycles. The molecule has 0 radical (unpaired) electrons. The summed E-state index contributed by atoms with van der Waals surface area (Å²) in [6, 6.07) is 12.8. The van der Waals surface area contributed by atoms with Gasteiger partial charge < -0.3 is 15.6 Å². The zero-order chi connectivity index (χ0) is 23.0. The molecule has 5 aliphatic rings. The van der Waals surface area contributed by atoms with Crippen molar-refractivity contribution in [2.45, 2.75) is 77.2 Å². The largest absolute Gasteiger partial charge is 0.444 e. The summed E-state index contributed by atoms with van der Waals surface area (Å²) in [4.78, 5) is 0. The second-order valence-corrected chi connectivity index (χ2v) is 11.9. The van der Waals surface area contributed by atoms with Crippen LogP contribution in [-0.4, -0.2) is 11.2 Å². The minimum absolute atomic E-state index is 0.00743. The number of allylic oxidation sites excluding steroid dienone is 3. The molecule has 1 unspecified atom stereocenters. The van der Waals surface area contributed by atoms with Crippen LogP contribution in [0.5, 0.6) is 0 Å². The van der Waals surface area contributed by atoms with Gasteiger partial charge in [-0.3, -0.25) is 0 Å². The van der Waals surface area contributed by atoms with E-state index in [9.17, 15) is 10.4 Å². The highest BCUT2D eigenvalue weighted by Crippen LogP contribution is 2.69. The van der Waals surface area contributed by atoms with Gasteiger partial charge in [-0.25, -0.2) is 0 Å². The van der Waals surface area contributed by atoms with Gasteiger partial charge in [0.15, 0.2) is 0 Å². The minimum Gasteiger partial charge on any atom is -0.444 e. The fourth-order valence-electron chi connectivity index (χ4n) is 8.96. The van der Waals surface area contributed by atoms with E-state index in [1.165, 1.54) is 24.8 Å². The lowest BCUT2D eigenvalue weighted by molar-refractivity contribution is -0.122. The molecule has 1 aromatic carbocycles. The molecule has 0 bridgehead atoms. The third-order valence-electron chi connectivity index (χ3n) is 10.6. The Balaban J connectivity index is 1.38. The molecule has 3 saturated carbocycles. The summed E-state index contributed by atoms with van der Waals surface area (Å²) >= 11 is 0. The minimum atomic E-state index is -0.104. The van der Waals surface area contributed by atoms with Crippen molar-refractivity contribution in [3.63, 3.8) is 0 Å². The van der Waals surface area contributed by atoms with Gasteiger partial charge >= 0.3 is 0 Å². The van der Waals surface area contributed by atoms with E-state index in [-0.39, 0.29) is 17.4 Å². The van der Waals surface area contributed by atoms with Gasteiger partial charge in [-0.2, -0.15) is 5.26 Å². The molecule has 174 valence electrons. The van der Waals surface area contributed by atoms with Gasteiger partial charge in [-0.15, -0.1) is 0 Å². The van der Waals surface area contributed by atoms with Crippen molar-refractivity contribution in [1.82, 2.24) is 0 Å². The van der Waals surface area contributed by atoms with Crippen LogP contribution in [0.4, 0.5) is 0 Å². The smallest absolute Gasteiger partial charge is 0.205 e. The lowest BCUT2D eigenvalue weighted by Gasteiger charge is -2.60. The Morgan fingerprint density at radius 3 is 2.61 bits per heavy atom. The van der Waals surface area contributed by atoms with Crippen LogP contribution < -0.4 is 5.73 Å². The van der Waals surface area contributed by atoms with Crippen molar-refractivity contribution >= 4 is 0 Å². The number of hydrogen-bond donors (Lipinski definition) is 2. The van der Waals surface area contributed by atoms with E-state index in [4.69, 9.17) is 10.5 Å². The Labute approximate surface area is 197 Å². The lowest BCUT2D eigenvalue weighted by atomic mass is 9.45. The van der Waals surface area contributed by atoms with Crippen LogP contribution in [0.1, 0.15) is 76.7 Å². The Morgan fingerprint density at radius 1 is 1.06 bits per heavy atom. The first-order chi connectivity index (χ1) is 15.9. The maximum absolute atomic E-state index is 10.3. The number of hydrogen-bond acceptors (Lipinski definition) is 4. The molecule has 0 aromatic heterocycles. The fourth-order valence-corrected chi connectivity index (χ4v) is 8.96. The Morgan fingerprint density at radius 2 is 1.85 bits per heavy atom. The van der Waals surface area contributed by atoms with Gasteiger partial charge in [0.05, 0.1) is 6.10 Å². The summed E-state index contributed by atoms with van der Waals surface area (Å²) in [5, 5.41) is 20.3. The van der Waals surface area contributed by atoms with Crippen LogP contribution >= 0.6 is 0 Å². The summed E-state index contributed by atoms with van der Waals surface area (Å²) < 4.78 is 6.35. The third-order valence-corrected chi connectivity index (χ3v) is 10.6. The zero-order valence-electron chi connectivity index (χ0n) is 19.9. The van der Waals surface area contributed by atoms with Crippen LogP contribution in [0.2, 0.25) is 0 Å². The number of nitrogens with zero attached hydrogens (tertiary/aromatic N) is 1. The molecular formula is C29H36N2O2. The van der Waals surface area contributed by atoms with E-state index in [1.807, 2.05) is 6.07 Å². The number of ether oxygens (including phenoxy) is 1. The second kappa shape index (κ2) is 7.37. The van der Waals surface area contributed by atoms with Gasteiger partial charge in [0.2, 0.25) is 5.88 Å². The first-order valence-electron chi connectivity index (χ1n) is 12.9. The quantitative estimate of drug-likeness (QED) is 0.577. The molecule has 4 aliphatic carbocycles. The van der Waals surface area contributed by atoms with Crippen LogP contribution in [0.25, 0.3) is 0 Å². The lowest BCUT2D eigenvalue weighted by Crippen LogP contribution is -2.53. The monoisotopic (exact) mass is 444 g/mol. The predicted molar refractivity (Wildman–Crippen MR) is 127 cm³/mol. The summed E-state index contributed by atoms with van der Waals surface area (Å²) in [6.07, 6.45) is 8.85. The van der Waals surface area contributed by atoms with Crippen LogP contribution in [0.3, 0.4) is 0 Å². The molecule has 1 aromatic rings. The van der Waals surface area contributed by atoms with Crippen molar-refractivity contribution < 1.29 is 9.84 Å². The molecule has 1 heterocycles. The highest BCUT2D eigenvalue weighted by Gasteiger charge is 2.61. The molecule has 4 heteroatoms. The third kappa shape index (κ3) is 2.91. The number of nitrogens with two attached hydrogens (primary N) is 1. The fraction of sp³-hybridized carbons (Fsp3) is 0.621. The molecule has 3 fully saturated rings. The van der Waals surface area contributed by atoms with Crippen molar-refractivity contribution in [2.24, 2.45) is 40.2 Å². The molecule has 0 amide bonds. The van der Waals surface area contributed by atoms with E-state index in [0.29, 0.717) is 34.6 Å². The van der Waals surface area contributed by atoms with E-state index in [1.54, 1.807) is 0 Å². The first kappa shape index (κ1) is 21.3. The number of rotatable bonds is 1. The number of aliphatic hydroxyl groups is 1. The molecule has 33 heavy (non-hydrogen) atoms. The maximum atomic E-state index is 10.3. The van der Waals surface area contributed by atoms with Crippen molar-refractivity contribution in [1.29, 1.82) is 5.26 Å². The average Bonchev–Trinajstić information content (AvgIpc) is 3.11. The molecular weight excluding hydrogens is 408 g/mol. The molecule has 0 spiro atoms. The summed E-state index contributed by atoms with van der Waals surface area (Å²) in [7, 11) is 0.